The Bertz CT molecular complexity index is 490. The molecule has 5 nitrogen and oxygen atoms in total. The van der Waals surface area contributed by atoms with E-state index in [1.54, 1.807) is 15.6 Å². The second kappa shape index (κ2) is 5.64. The van der Waals surface area contributed by atoms with Crippen molar-refractivity contribution in [1.82, 2.24) is 14.2 Å². The molecule has 0 unspecified atom stereocenters. The number of thiazole rings is 1. The first-order valence-corrected chi connectivity index (χ1v) is 8.76. The van der Waals surface area contributed by atoms with E-state index in [0.717, 1.165) is 31.7 Å². The summed E-state index contributed by atoms with van der Waals surface area (Å²) < 4.78 is 24.3. The molecule has 0 atom stereocenters. The minimum absolute atomic E-state index is 0.612. The van der Waals surface area contributed by atoms with Crippen LogP contribution in [0.15, 0.2) is 5.51 Å². The van der Waals surface area contributed by atoms with E-state index in [1.165, 1.54) is 11.1 Å². The summed E-state index contributed by atoms with van der Waals surface area (Å²) in [4.78, 5) is 7.89. The summed E-state index contributed by atoms with van der Waals surface area (Å²) in [5.41, 5.74) is 3.00. The quantitative estimate of drug-likeness (QED) is 0.813. The third-order valence-corrected chi connectivity index (χ3v) is 5.60. The van der Waals surface area contributed by atoms with Gasteiger partial charge in [-0.15, -0.1) is 11.3 Å². The van der Waals surface area contributed by atoms with Crippen molar-refractivity contribution in [3.63, 3.8) is 0 Å². The summed E-state index contributed by atoms with van der Waals surface area (Å²) in [7, 11) is -3.02. The molecule has 1 aliphatic heterocycles. The predicted molar refractivity (Wildman–Crippen MR) is 73.4 cm³/mol. The highest BCUT2D eigenvalue weighted by Crippen LogP contribution is 2.14. The van der Waals surface area contributed by atoms with Crippen LogP contribution in [0.4, 0.5) is 0 Å². The molecule has 2 heterocycles. The Morgan fingerprint density at radius 3 is 2.50 bits per heavy atom. The van der Waals surface area contributed by atoms with Gasteiger partial charge in [-0.2, -0.15) is 4.31 Å². The van der Waals surface area contributed by atoms with Gasteiger partial charge >= 0.3 is 0 Å². The Kier molecular flexibility index (Phi) is 4.37. The second-order valence-electron chi connectivity index (χ2n) is 4.61. The van der Waals surface area contributed by atoms with E-state index in [2.05, 4.69) is 9.88 Å². The normalized spacial score (nSPS) is 19.2. The molecule has 0 amide bonds. The van der Waals surface area contributed by atoms with E-state index in [-0.39, 0.29) is 0 Å². The van der Waals surface area contributed by atoms with Crippen LogP contribution in [-0.4, -0.2) is 61.6 Å². The highest BCUT2D eigenvalue weighted by atomic mass is 32.2. The molecule has 1 aromatic heterocycles. The highest BCUT2D eigenvalue weighted by Gasteiger charge is 2.23. The molecular weight excluding hydrogens is 270 g/mol. The summed E-state index contributed by atoms with van der Waals surface area (Å²) in [5.74, 6) is 0. The lowest BCUT2D eigenvalue weighted by molar-refractivity contribution is 0.191. The first-order valence-electron chi connectivity index (χ1n) is 6.03. The minimum Gasteiger partial charge on any atom is -0.300 e. The van der Waals surface area contributed by atoms with E-state index in [9.17, 15) is 8.42 Å². The number of nitrogens with zero attached hydrogens (tertiary/aromatic N) is 3. The van der Waals surface area contributed by atoms with Crippen LogP contribution >= 0.6 is 11.3 Å². The van der Waals surface area contributed by atoms with E-state index >= 15 is 0 Å². The van der Waals surface area contributed by atoms with Crippen LogP contribution in [0.3, 0.4) is 0 Å². The maximum atomic E-state index is 11.4. The van der Waals surface area contributed by atoms with Gasteiger partial charge in [0, 0.05) is 37.6 Å². The predicted octanol–water partition coefficient (Wildman–Crippen LogP) is 0.571. The summed E-state index contributed by atoms with van der Waals surface area (Å²) in [6.07, 6.45) is 2.29. The van der Waals surface area contributed by atoms with Crippen molar-refractivity contribution in [1.29, 1.82) is 0 Å². The third kappa shape index (κ3) is 3.50. The monoisotopic (exact) mass is 289 g/mol. The van der Waals surface area contributed by atoms with Gasteiger partial charge in [-0.3, -0.25) is 0 Å². The van der Waals surface area contributed by atoms with Gasteiger partial charge in [0.2, 0.25) is 10.0 Å². The summed E-state index contributed by atoms with van der Waals surface area (Å²) >= 11 is 1.70. The van der Waals surface area contributed by atoms with Gasteiger partial charge in [0.15, 0.2) is 0 Å². The van der Waals surface area contributed by atoms with Crippen molar-refractivity contribution in [2.75, 3.05) is 39.0 Å². The Labute approximate surface area is 112 Å². The lowest BCUT2D eigenvalue weighted by Gasteiger charge is -2.33. The molecule has 1 aromatic rings. The Morgan fingerprint density at radius 1 is 1.33 bits per heavy atom. The summed E-state index contributed by atoms with van der Waals surface area (Å²) in [6.45, 7) is 5.89. The van der Waals surface area contributed by atoms with Crippen LogP contribution in [-0.2, 0) is 16.4 Å². The first kappa shape index (κ1) is 13.9. The zero-order chi connectivity index (χ0) is 13.2. The number of rotatable bonds is 4. The maximum Gasteiger partial charge on any atom is 0.211 e. The van der Waals surface area contributed by atoms with Gasteiger partial charge in [-0.05, 0) is 13.3 Å². The van der Waals surface area contributed by atoms with Crippen LogP contribution in [0.1, 0.15) is 10.6 Å². The highest BCUT2D eigenvalue weighted by molar-refractivity contribution is 7.88. The van der Waals surface area contributed by atoms with Gasteiger partial charge in [0.05, 0.1) is 17.5 Å². The molecule has 1 saturated heterocycles. The number of hydrogen-bond acceptors (Lipinski definition) is 5. The van der Waals surface area contributed by atoms with Crippen LogP contribution in [0.25, 0.3) is 0 Å². The van der Waals surface area contributed by atoms with Crippen LogP contribution in [0.5, 0.6) is 0 Å². The lowest BCUT2D eigenvalue weighted by atomic mass is 10.2. The SMILES string of the molecule is Cc1ncsc1CCN1CCN(S(C)(=O)=O)CC1. The summed E-state index contributed by atoms with van der Waals surface area (Å²) in [6, 6.07) is 0. The van der Waals surface area contributed by atoms with Gasteiger partial charge in [0.1, 0.15) is 0 Å². The van der Waals surface area contributed by atoms with E-state index in [0.29, 0.717) is 13.1 Å². The van der Waals surface area contributed by atoms with Gasteiger partial charge in [-0.1, -0.05) is 0 Å². The molecule has 7 heteroatoms. The largest absolute Gasteiger partial charge is 0.300 e. The van der Waals surface area contributed by atoms with Gasteiger partial charge in [-0.25, -0.2) is 13.4 Å². The minimum atomic E-state index is -3.02. The molecule has 0 N–H and O–H groups in total. The fourth-order valence-corrected chi connectivity index (χ4v) is 3.71. The van der Waals surface area contributed by atoms with Crippen molar-refractivity contribution in [2.24, 2.45) is 0 Å². The molecular formula is C11H19N3O2S2. The number of hydrogen-bond donors (Lipinski definition) is 0. The lowest BCUT2D eigenvalue weighted by Crippen LogP contribution is -2.48. The number of sulfonamides is 1. The Hall–Kier alpha value is -0.500. The van der Waals surface area contributed by atoms with E-state index < -0.39 is 10.0 Å². The third-order valence-electron chi connectivity index (χ3n) is 3.30. The fourth-order valence-electron chi connectivity index (χ4n) is 2.11. The van der Waals surface area contributed by atoms with Crippen LogP contribution < -0.4 is 0 Å². The first-order chi connectivity index (χ1) is 8.47. The van der Waals surface area contributed by atoms with Crippen molar-refractivity contribution >= 4 is 21.4 Å². The smallest absolute Gasteiger partial charge is 0.211 e. The molecule has 102 valence electrons. The van der Waals surface area contributed by atoms with Crippen molar-refractivity contribution in [3.8, 4) is 0 Å². The number of aryl methyl sites for hydroxylation is 1. The molecule has 0 radical (unpaired) electrons. The van der Waals surface area contributed by atoms with Crippen molar-refractivity contribution < 1.29 is 8.42 Å². The average molecular weight is 289 g/mol. The van der Waals surface area contributed by atoms with Crippen molar-refractivity contribution in [3.05, 3.63) is 16.1 Å². The average Bonchev–Trinajstić information content (AvgIpc) is 2.72. The second-order valence-corrected chi connectivity index (χ2v) is 7.54. The molecule has 2 rings (SSSR count). The molecule has 1 aliphatic rings. The summed E-state index contributed by atoms with van der Waals surface area (Å²) in [5, 5.41) is 0. The topological polar surface area (TPSA) is 53.5 Å². The molecule has 0 aliphatic carbocycles. The number of aromatic nitrogens is 1. The maximum absolute atomic E-state index is 11.4. The number of piperazine rings is 1. The molecule has 0 spiro atoms. The standard InChI is InChI=1S/C11H19N3O2S2/c1-10-11(17-9-12-10)3-4-13-5-7-14(8-6-13)18(2,15)16/h9H,3-8H2,1-2H3. The van der Waals surface area contributed by atoms with Crippen LogP contribution in [0, 0.1) is 6.92 Å². The Balaban J connectivity index is 1.79. The Morgan fingerprint density at radius 2 is 2.00 bits per heavy atom. The molecule has 0 aromatic carbocycles. The van der Waals surface area contributed by atoms with Gasteiger partial charge in [0.25, 0.3) is 0 Å². The van der Waals surface area contributed by atoms with Crippen LogP contribution in [0.2, 0.25) is 0 Å². The fraction of sp³-hybridized carbons (Fsp3) is 0.727. The van der Waals surface area contributed by atoms with E-state index in [1.807, 2.05) is 12.4 Å². The van der Waals surface area contributed by atoms with E-state index in [4.69, 9.17) is 0 Å². The van der Waals surface area contributed by atoms with Gasteiger partial charge < -0.3 is 4.90 Å². The zero-order valence-corrected chi connectivity index (χ0v) is 12.4. The molecule has 0 bridgehead atoms. The zero-order valence-electron chi connectivity index (χ0n) is 10.8. The van der Waals surface area contributed by atoms with Crippen molar-refractivity contribution in [2.45, 2.75) is 13.3 Å². The molecule has 0 saturated carbocycles. The molecule has 18 heavy (non-hydrogen) atoms. The molecule has 1 fully saturated rings.